The van der Waals surface area contributed by atoms with E-state index in [1.165, 1.54) is 6.07 Å². The second-order valence-corrected chi connectivity index (χ2v) is 6.29. The monoisotopic (exact) mass is 332 g/mol. The minimum atomic E-state index is -2.70. The summed E-state index contributed by atoms with van der Waals surface area (Å²) >= 11 is 6.09. The van der Waals surface area contributed by atoms with Crippen molar-refractivity contribution in [1.82, 2.24) is 4.98 Å². The number of aromatic nitrogens is 1. The van der Waals surface area contributed by atoms with E-state index >= 15 is 0 Å². The van der Waals surface area contributed by atoms with Gasteiger partial charge in [-0.2, -0.15) is 0 Å². The van der Waals surface area contributed by atoms with Crippen molar-refractivity contribution in [2.75, 3.05) is 18.0 Å². The third-order valence-corrected chi connectivity index (χ3v) is 4.08. The molecule has 0 aliphatic carbocycles. The minimum absolute atomic E-state index is 0.0162. The smallest absolute Gasteiger partial charge is 0.339 e. The quantitative estimate of drug-likeness (QED) is 0.902. The molecule has 1 fully saturated rings. The molecule has 0 aromatic carbocycles. The van der Waals surface area contributed by atoms with Crippen molar-refractivity contribution in [3.8, 4) is 0 Å². The molecule has 1 aromatic rings. The van der Waals surface area contributed by atoms with Gasteiger partial charge < -0.3 is 10.0 Å². The van der Waals surface area contributed by atoms with Gasteiger partial charge in [0.25, 0.3) is 0 Å². The lowest BCUT2D eigenvalue weighted by Gasteiger charge is -2.24. The standard InChI is InChI=1S/C15H19ClF2N2O2/c1-9(2)12-11(16)8-10(14(21)22)13(19-12)20-6-3-4-15(17,18)5-7-20/h8-9H,3-7H2,1-2H3,(H,21,22). The zero-order valence-electron chi connectivity index (χ0n) is 12.6. The molecule has 1 aliphatic heterocycles. The molecule has 0 atom stereocenters. The summed E-state index contributed by atoms with van der Waals surface area (Å²) in [6, 6.07) is 1.37. The Hall–Kier alpha value is -1.43. The summed E-state index contributed by atoms with van der Waals surface area (Å²) < 4.78 is 27.0. The lowest BCUT2D eigenvalue weighted by Crippen LogP contribution is -2.29. The summed E-state index contributed by atoms with van der Waals surface area (Å²) in [6.07, 6.45) is -0.183. The molecule has 0 unspecified atom stereocenters. The van der Waals surface area contributed by atoms with Gasteiger partial charge in [-0.1, -0.05) is 25.4 Å². The number of hydrogen-bond donors (Lipinski definition) is 1. The normalized spacial score (nSPS) is 18.4. The summed E-state index contributed by atoms with van der Waals surface area (Å²) in [4.78, 5) is 17.4. The van der Waals surface area contributed by atoms with E-state index in [9.17, 15) is 18.7 Å². The van der Waals surface area contributed by atoms with E-state index in [-0.39, 0.29) is 41.7 Å². The van der Waals surface area contributed by atoms with Gasteiger partial charge >= 0.3 is 5.97 Å². The number of carboxylic acids is 1. The molecule has 122 valence electrons. The summed E-state index contributed by atoms with van der Waals surface area (Å²) in [5.41, 5.74) is 0.539. The molecule has 0 bridgehead atoms. The molecule has 1 saturated heterocycles. The molecule has 2 heterocycles. The molecule has 0 spiro atoms. The summed E-state index contributed by atoms with van der Waals surface area (Å²) in [5, 5.41) is 9.64. The minimum Gasteiger partial charge on any atom is -0.478 e. The van der Waals surface area contributed by atoms with Gasteiger partial charge in [0, 0.05) is 25.9 Å². The number of halogens is 3. The lowest BCUT2D eigenvalue weighted by molar-refractivity contribution is -0.0102. The highest BCUT2D eigenvalue weighted by Gasteiger charge is 2.33. The predicted octanol–water partition coefficient (Wildman–Crippen LogP) is 4.18. The SMILES string of the molecule is CC(C)c1nc(N2CCCC(F)(F)CC2)c(C(=O)O)cc1Cl. The van der Waals surface area contributed by atoms with Crippen LogP contribution >= 0.6 is 11.6 Å². The van der Waals surface area contributed by atoms with Gasteiger partial charge in [0.15, 0.2) is 0 Å². The van der Waals surface area contributed by atoms with Crippen molar-refractivity contribution in [3.05, 3.63) is 22.3 Å². The van der Waals surface area contributed by atoms with Crippen molar-refractivity contribution in [2.24, 2.45) is 0 Å². The van der Waals surface area contributed by atoms with E-state index in [1.807, 2.05) is 13.8 Å². The van der Waals surface area contributed by atoms with Gasteiger partial charge in [0.2, 0.25) is 5.92 Å². The first-order valence-electron chi connectivity index (χ1n) is 7.28. The molecule has 0 amide bonds. The number of aromatic carboxylic acids is 1. The maximum Gasteiger partial charge on any atom is 0.339 e. The van der Waals surface area contributed by atoms with Crippen molar-refractivity contribution in [1.29, 1.82) is 0 Å². The van der Waals surface area contributed by atoms with Crippen LogP contribution in [-0.4, -0.2) is 35.1 Å². The fourth-order valence-electron chi connectivity index (χ4n) is 2.57. The van der Waals surface area contributed by atoms with Crippen molar-refractivity contribution in [2.45, 2.75) is 45.0 Å². The number of hydrogen-bond acceptors (Lipinski definition) is 3. The Morgan fingerprint density at radius 2 is 2.09 bits per heavy atom. The van der Waals surface area contributed by atoms with E-state index in [4.69, 9.17) is 11.6 Å². The van der Waals surface area contributed by atoms with Crippen molar-refractivity contribution >= 4 is 23.4 Å². The van der Waals surface area contributed by atoms with E-state index in [1.54, 1.807) is 4.90 Å². The van der Waals surface area contributed by atoms with E-state index in [2.05, 4.69) is 4.98 Å². The van der Waals surface area contributed by atoms with Crippen molar-refractivity contribution in [3.63, 3.8) is 0 Å². The Kier molecular flexibility index (Phi) is 4.90. The third kappa shape index (κ3) is 3.66. The number of anilines is 1. The van der Waals surface area contributed by atoms with E-state index < -0.39 is 11.9 Å². The number of pyridine rings is 1. The van der Waals surface area contributed by atoms with Crippen LogP contribution in [0, 0.1) is 0 Å². The summed E-state index contributed by atoms with van der Waals surface area (Å²) in [6.45, 7) is 4.24. The Balaban J connectivity index is 2.43. The number of carbonyl (C=O) groups is 1. The molecule has 1 N–H and O–H groups in total. The first kappa shape index (κ1) is 16.9. The Morgan fingerprint density at radius 1 is 1.41 bits per heavy atom. The van der Waals surface area contributed by atoms with Gasteiger partial charge in [-0.05, 0) is 18.4 Å². The highest BCUT2D eigenvalue weighted by atomic mass is 35.5. The van der Waals surface area contributed by atoms with Crippen LogP contribution in [0.15, 0.2) is 6.07 Å². The maximum atomic E-state index is 13.5. The maximum absolute atomic E-state index is 13.5. The summed E-state index contributed by atoms with van der Waals surface area (Å²) in [7, 11) is 0. The van der Waals surface area contributed by atoms with Crippen LogP contribution in [0.4, 0.5) is 14.6 Å². The predicted molar refractivity (Wildman–Crippen MR) is 81.3 cm³/mol. The molecule has 2 rings (SSSR count). The van der Waals surface area contributed by atoms with Crippen LogP contribution < -0.4 is 4.90 Å². The van der Waals surface area contributed by atoms with Gasteiger partial charge in [0.05, 0.1) is 10.7 Å². The molecular weight excluding hydrogens is 314 g/mol. The first-order valence-corrected chi connectivity index (χ1v) is 7.65. The van der Waals surface area contributed by atoms with Crippen LogP contribution in [0.5, 0.6) is 0 Å². The number of alkyl halides is 2. The average Bonchev–Trinajstić information content (AvgIpc) is 2.59. The second kappa shape index (κ2) is 6.36. The molecule has 0 radical (unpaired) electrons. The molecule has 1 aromatic heterocycles. The number of rotatable bonds is 3. The van der Waals surface area contributed by atoms with Crippen LogP contribution in [0.3, 0.4) is 0 Å². The molecule has 22 heavy (non-hydrogen) atoms. The second-order valence-electron chi connectivity index (χ2n) is 5.88. The molecular formula is C15H19ClF2N2O2. The average molecular weight is 333 g/mol. The molecule has 1 aliphatic rings. The van der Waals surface area contributed by atoms with E-state index in [0.717, 1.165) is 0 Å². The van der Waals surface area contributed by atoms with E-state index in [0.29, 0.717) is 18.7 Å². The molecule has 0 saturated carbocycles. The van der Waals surface area contributed by atoms with Crippen LogP contribution in [0.2, 0.25) is 5.02 Å². The zero-order valence-corrected chi connectivity index (χ0v) is 13.3. The number of carboxylic acid groups (broad SMARTS) is 1. The Morgan fingerprint density at radius 3 is 2.68 bits per heavy atom. The topological polar surface area (TPSA) is 53.4 Å². The first-order chi connectivity index (χ1) is 10.2. The van der Waals surface area contributed by atoms with Crippen LogP contribution in [-0.2, 0) is 0 Å². The molecule has 4 nitrogen and oxygen atoms in total. The van der Waals surface area contributed by atoms with Crippen LogP contribution in [0.25, 0.3) is 0 Å². The largest absolute Gasteiger partial charge is 0.478 e. The van der Waals surface area contributed by atoms with Crippen molar-refractivity contribution < 1.29 is 18.7 Å². The third-order valence-electron chi connectivity index (χ3n) is 3.78. The van der Waals surface area contributed by atoms with Gasteiger partial charge in [-0.25, -0.2) is 18.6 Å². The lowest BCUT2D eigenvalue weighted by atomic mass is 10.1. The Bertz CT molecular complexity index is 579. The van der Waals surface area contributed by atoms with Gasteiger partial charge in [0.1, 0.15) is 11.4 Å². The van der Waals surface area contributed by atoms with Gasteiger partial charge in [-0.15, -0.1) is 0 Å². The zero-order chi connectivity index (χ0) is 16.5. The van der Waals surface area contributed by atoms with Gasteiger partial charge in [-0.3, -0.25) is 0 Å². The fraction of sp³-hybridized carbons (Fsp3) is 0.600. The van der Waals surface area contributed by atoms with Crippen LogP contribution in [0.1, 0.15) is 55.1 Å². The summed E-state index contributed by atoms with van der Waals surface area (Å²) in [5.74, 6) is -3.61. The highest BCUT2D eigenvalue weighted by molar-refractivity contribution is 6.31. The molecule has 7 heteroatoms. The highest BCUT2D eigenvalue weighted by Crippen LogP contribution is 2.33. The fourth-order valence-corrected chi connectivity index (χ4v) is 2.94. The Labute approximate surface area is 133 Å². The number of nitrogens with zero attached hydrogens (tertiary/aromatic N) is 2.